The van der Waals surface area contributed by atoms with Gasteiger partial charge in [-0.15, -0.1) is 0 Å². The number of halogens is 1. The first-order chi connectivity index (χ1) is 23.4. The summed E-state index contributed by atoms with van der Waals surface area (Å²) in [7, 11) is 3.24. The SMILES string of the molecule is COc1ccc2c(c1)C1(COC(N)=N1)c1cc(Br)cnc1O2.COc1ccc2c(c1)C1(COC(N)=N1)c1cc(C#CC(C)(C)C)cnc1O2. The van der Waals surface area contributed by atoms with Gasteiger partial charge in [0.15, 0.2) is 11.1 Å². The first kappa shape index (κ1) is 32.1. The van der Waals surface area contributed by atoms with E-state index in [1.165, 1.54) is 0 Å². The number of amidine groups is 2. The Bertz CT molecular complexity index is 2120. The van der Waals surface area contributed by atoms with Crippen molar-refractivity contribution >= 4 is 28.0 Å². The summed E-state index contributed by atoms with van der Waals surface area (Å²) in [6.45, 7) is 6.76. The minimum atomic E-state index is -0.825. The van der Waals surface area contributed by atoms with Crippen molar-refractivity contribution in [2.75, 3.05) is 27.4 Å². The van der Waals surface area contributed by atoms with E-state index in [0.717, 1.165) is 32.3 Å². The van der Waals surface area contributed by atoms with Gasteiger partial charge in [0.1, 0.15) is 36.2 Å². The smallest absolute Gasteiger partial charge is 0.283 e. The molecule has 6 heterocycles. The Balaban J connectivity index is 0.000000157. The van der Waals surface area contributed by atoms with Gasteiger partial charge in [-0.3, -0.25) is 0 Å². The molecule has 250 valence electrons. The molecule has 12 nitrogen and oxygen atoms in total. The molecular formula is C36H33BrN6O6. The van der Waals surface area contributed by atoms with Crippen LogP contribution in [-0.2, 0) is 20.6 Å². The van der Waals surface area contributed by atoms with Crippen molar-refractivity contribution in [2.24, 2.45) is 26.9 Å². The Kier molecular flexibility index (Phi) is 7.79. The second-order valence-corrected chi connectivity index (χ2v) is 13.6. The molecule has 0 radical (unpaired) electrons. The lowest BCUT2D eigenvalue weighted by atomic mass is 9.82. The van der Waals surface area contributed by atoms with Crippen molar-refractivity contribution in [2.45, 2.75) is 31.8 Å². The summed E-state index contributed by atoms with van der Waals surface area (Å²) in [5.74, 6) is 10.2. The summed E-state index contributed by atoms with van der Waals surface area (Å²) in [5.41, 5.74) is 14.0. The van der Waals surface area contributed by atoms with E-state index >= 15 is 0 Å². The van der Waals surface area contributed by atoms with Gasteiger partial charge in [-0.2, -0.15) is 0 Å². The van der Waals surface area contributed by atoms with E-state index in [0.29, 0.717) is 41.4 Å². The third-order valence-corrected chi connectivity index (χ3v) is 8.71. The molecule has 0 aliphatic carbocycles. The molecule has 49 heavy (non-hydrogen) atoms. The van der Waals surface area contributed by atoms with Crippen molar-refractivity contribution in [1.82, 2.24) is 9.97 Å². The van der Waals surface area contributed by atoms with Crippen LogP contribution in [0.25, 0.3) is 0 Å². The van der Waals surface area contributed by atoms with Gasteiger partial charge >= 0.3 is 0 Å². The minimum absolute atomic E-state index is 0.108. The zero-order valence-electron chi connectivity index (χ0n) is 27.5. The molecule has 0 amide bonds. The van der Waals surface area contributed by atoms with Crippen molar-refractivity contribution in [1.29, 1.82) is 0 Å². The number of pyridine rings is 2. The molecule has 2 aromatic heterocycles. The van der Waals surface area contributed by atoms with Gasteiger partial charge in [0.25, 0.3) is 12.0 Å². The Morgan fingerprint density at radius 3 is 1.71 bits per heavy atom. The van der Waals surface area contributed by atoms with Crippen LogP contribution < -0.4 is 30.4 Å². The number of fused-ring (bicyclic) bond motifs is 8. The zero-order valence-corrected chi connectivity index (χ0v) is 29.0. The average molecular weight is 726 g/mol. The van der Waals surface area contributed by atoms with Crippen molar-refractivity contribution in [3.05, 3.63) is 93.2 Å². The lowest BCUT2D eigenvalue weighted by molar-refractivity contribution is 0.261. The molecule has 0 bridgehead atoms. The molecule has 13 heteroatoms. The number of rotatable bonds is 2. The van der Waals surface area contributed by atoms with Gasteiger partial charge in [0.05, 0.1) is 25.3 Å². The highest BCUT2D eigenvalue weighted by atomic mass is 79.9. The van der Waals surface area contributed by atoms with Gasteiger partial charge < -0.3 is 39.9 Å². The van der Waals surface area contributed by atoms with E-state index in [2.05, 4.69) is 68.5 Å². The van der Waals surface area contributed by atoms with E-state index in [-0.39, 0.29) is 24.1 Å². The molecule has 4 aliphatic heterocycles. The van der Waals surface area contributed by atoms with Crippen LogP contribution in [0.15, 0.2) is 75.4 Å². The van der Waals surface area contributed by atoms with Crippen LogP contribution in [0.5, 0.6) is 34.8 Å². The van der Waals surface area contributed by atoms with Gasteiger partial charge in [-0.05, 0) is 85.2 Å². The summed E-state index contributed by atoms with van der Waals surface area (Å²) >= 11 is 3.44. The first-order valence-corrected chi connectivity index (χ1v) is 16.1. The lowest BCUT2D eigenvalue weighted by Crippen LogP contribution is -2.31. The lowest BCUT2D eigenvalue weighted by Gasteiger charge is -2.32. The molecule has 4 aromatic rings. The van der Waals surface area contributed by atoms with Crippen LogP contribution in [0, 0.1) is 17.3 Å². The summed E-state index contributed by atoms with van der Waals surface area (Å²) in [6.07, 6.45) is 3.40. The molecule has 2 spiro atoms. The number of hydrogen-bond donors (Lipinski definition) is 2. The molecule has 4 N–H and O–H groups in total. The van der Waals surface area contributed by atoms with Crippen molar-refractivity contribution in [3.8, 4) is 46.6 Å². The minimum Gasteiger partial charge on any atom is -0.497 e. The summed E-state index contributed by atoms with van der Waals surface area (Å²) in [4.78, 5) is 18.0. The molecule has 8 rings (SSSR count). The third-order valence-electron chi connectivity index (χ3n) is 8.28. The second-order valence-electron chi connectivity index (χ2n) is 12.7. The maximum Gasteiger partial charge on any atom is 0.283 e. The van der Waals surface area contributed by atoms with Gasteiger partial charge in [-0.1, -0.05) is 11.8 Å². The van der Waals surface area contributed by atoms with E-state index < -0.39 is 11.1 Å². The van der Waals surface area contributed by atoms with E-state index in [1.807, 2.05) is 48.5 Å². The highest BCUT2D eigenvalue weighted by Crippen LogP contribution is 2.52. The fourth-order valence-corrected chi connectivity index (χ4v) is 6.30. The number of hydrogen-bond acceptors (Lipinski definition) is 12. The number of ether oxygens (including phenoxy) is 6. The fourth-order valence-electron chi connectivity index (χ4n) is 5.97. The van der Waals surface area contributed by atoms with Crippen LogP contribution in [0.1, 0.15) is 48.6 Å². The van der Waals surface area contributed by atoms with Gasteiger partial charge in [0, 0.05) is 39.0 Å². The number of nitrogens with zero attached hydrogens (tertiary/aromatic N) is 4. The Labute approximate surface area is 291 Å². The molecule has 2 atom stereocenters. The maximum atomic E-state index is 6.02. The molecule has 2 unspecified atom stereocenters. The number of aliphatic imine (C=N–C) groups is 2. The monoisotopic (exact) mass is 724 g/mol. The Morgan fingerprint density at radius 1 is 0.735 bits per heavy atom. The number of methoxy groups -OCH3 is 2. The number of benzene rings is 2. The predicted octanol–water partition coefficient (Wildman–Crippen LogP) is 5.73. The fraction of sp³-hybridized carbons (Fsp3) is 0.278. The van der Waals surface area contributed by atoms with Crippen LogP contribution in [0.2, 0.25) is 0 Å². The standard InChI is InChI=1S/C21H21N3O3.C15H12BrN3O3/c1-20(2,3)8-7-13-9-16-18(23-11-13)27-17-6-5-14(25-4)10-15(17)21(16)12-26-19(22)24-21;1-20-9-2-3-12-10(5-9)15(7-21-14(17)19-15)11-4-8(16)6-18-13(11)22-12/h5-6,9-11H,12H2,1-4H3,(H2,22,24);2-6H,7H2,1H3,(H2,17,19). The molecular weight excluding hydrogens is 692 g/mol. The summed E-state index contributed by atoms with van der Waals surface area (Å²) < 4.78 is 34.5. The first-order valence-electron chi connectivity index (χ1n) is 15.3. The summed E-state index contributed by atoms with van der Waals surface area (Å²) in [6, 6.07) is 15.3. The third kappa shape index (κ3) is 5.72. The average Bonchev–Trinajstić information content (AvgIpc) is 3.67. The molecule has 0 fully saturated rings. The van der Waals surface area contributed by atoms with Crippen LogP contribution in [-0.4, -0.2) is 49.4 Å². The van der Waals surface area contributed by atoms with Crippen LogP contribution in [0.3, 0.4) is 0 Å². The van der Waals surface area contributed by atoms with E-state index in [9.17, 15) is 0 Å². The topological polar surface area (TPSA) is 158 Å². The Hall–Kier alpha value is -5.48. The van der Waals surface area contributed by atoms with Gasteiger partial charge in [-0.25, -0.2) is 20.0 Å². The Morgan fingerprint density at radius 2 is 1.24 bits per heavy atom. The largest absolute Gasteiger partial charge is 0.497 e. The second kappa shape index (κ2) is 11.9. The number of aromatic nitrogens is 2. The highest BCUT2D eigenvalue weighted by molar-refractivity contribution is 9.10. The van der Waals surface area contributed by atoms with E-state index in [1.54, 1.807) is 26.6 Å². The molecule has 0 saturated carbocycles. The van der Waals surface area contributed by atoms with E-state index in [4.69, 9.17) is 39.9 Å². The van der Waals surface area contributed by atoms with Crippen LogP contribution >= 0.6 is 15.9 Å². The van der Waals surface area contributed by atoms with Crippen molar-refractivity contribution in [3.63, 3.8) is 0 Å². The molecule has 0 saturated heterocycles. The normalized spacial score (nSPS) is 20.5. The number of nitrogens with two attached hydrogens (primary N) is 2. The molecule has 4 aliphatic rings. The highest BCUT2D eigenvalue weighted by Gasteiger charge is 2.49. The van der Waals surface area contributed by atoms with Crippen LogP contribution in [0.4, 0.5) is 0 Å². The zero-order chi connectivity index (χ0) is 34.6. The maximum absolute atomic E-state index is 6.02. The predicted molar refractivity (Wildman–Crippen MR) is 185 cm³/mol. The van der Waals surface area contributed by atoms with Crippen molar-refractivity contribution < 1.29 is 28.4 Å². The summed E-state index contributed by atoms with van der Waals surface area (Å²) in [5, 5.41) is 0. The van der Waals surface area contributed by atoms with Gasteiger partial charge in [0.2, 0.25) is 11.8 Å². The molecule has 2 aromatic carbocycles. The quantitative estimate of drug-likeness (QED) is 0.245.